The fraction of sp³-hybridized carbons (Fsp3) is 0.789. The molecule has 2 aliphatic rings. The smallest absolute Gasteiger partial charge is 0.226 e. The van der Waals surface area contributed by atoms with Gasteiger partial charge in [-0.25, -0.2) is 4.98 Å². The number of piperidine rings is 1. The van der Waals surface area contributed by atoms with E-state index in [0.717, 1.165) is 37.8 Å². The summed E-state index contributed by atoms with van der Waals surface area (Å²) in [5, 5.41) is 8.50. The average molecular weight is 358 g/mol. The fourth-order valence-corrected chi connectivity index (χ4v) is 4.41. The minimum Gasteiger partial charge on any atom is -0.339 e. The molecule has 0 aromatic carbocycles. The highest BCUT2D eigenvalue weighted by Gasteiger charge is 2.24. The van der Waals surface area contributed by atoms with Crippen LogP contribution in [-0.4, -0.2) is 49.4 Å². The van der Waals surface area contributed by atoms with Gasteiger partial charge in [-0.05, 0) is 38.1 Å². The maximum Gasteiger partial charge on any atom is 0.226 e. The molecule has 3 heterocycles. The van der Waals surface area contributed by atoms with Gasteiger partial charge in [0.2, 0.25) is 5.89 Å². The number of hydrogen-bond acceptors (Lipinski definition) is 6. The molecule has 7 heteroatoms. The first-order valence-electron chi connectivity index (χ1n) is 10.2. The number of rotatable bonds is 6. The zero-order valence-corrected chi connectivity index (χ0v) is 15.6. The molecule has 1 saturated heterocycles. The lowest BCUT2D eigenvalue weighted by molar-refractivity contribution is 0.160. The molecule has 1 aliphatic carbocycles. The topological polar surface area (TPSA) is 72.9 Å². The lowest BCUT2D eigenvalue weighted by atomic mass is 9.94. The molecule has 7 nitrogen and oxygen atoms in total. The standard InChI is InChI=1S/C19H30N6O/c1-2-4-8-17(7-3-1)19-22-18(26-23-19)12-16-6-5-9-24(13-16)10-11-25-15-20-14-21-25/h14-17H,1-13H2. The van der Waals surface area contributed by atoms with E-state index in [-0.39, 0.29) is 0 Å². The van der Waals surface area contributed by atoms with E-state index >= 15 is 0 Å². The first-order chi connectivity index (χ1) is 12.9. The molecule has 1 unspecified atom stereocenters. The summed E-state index contributed by atoms with van der Waals surface area (Å²) in [6.07, 6.45) is 14.6. The summed E-state index contributed by atoms with van der Waals surface area (Å²) in [6, 6.07) is 0. The van der Waals surface area contributed by atoms with E-state index in [1.807, 2.05) is 4.68 Å². The highest BCUT2D eigenvalue weighted by atomic mass is 16.5. The zero-order valence-electron chi connectivity index (χ0n) is 15.6. The maximum atomic E-state index is 5.61. The minimum absolute atomic E-state index is 0.514. The van der Waals surface area contributed by atoms with Crippen LogP contribution < -0.4 is 0 Å². The first kappa shape index (κ1) is 17.6. The number of likely N-dealkylation sites (tertiary alicyclic amines) is 1. The molecule has 0 amide bonds. The van der Waals surface area contributed by atoms with Crippen LogP contribution in [0.15, 0.2) is 17.2 Å². The van der Waals surface area contributed by atoms with Gasteiger partial charge >= 0.3 is 0 Å². The second-order valence-electron chi connectivity index (χ2n) is 7.91. The van der Waals surface area contributed by atoms with Gasteiger partial charge in [-0.1, -0.05) is 30.8 Å². The van der Waals surface area contributed by atoms with E-state index in [4.69, 9.17) is 9.51 Å². The van der Waals surface area contributed by atoms with Gasteiger partial charge in [-0.3, -0.25) is 4.68 Å². The lowest BCUT2D eigenvalue weighted by Crippen LogP contribution is -2.38. The van der Waals surface area contributed by atoms with Gasteiger partial charge in [-0.15, -0.1) is 0 Å². The summed E-state index contributed by atoms with van der Waals surface area (Å²) in [4.78, 5) is 11.3. The van der Waals surface area contributed by atoms with Crippen LogP contribution in [0.25, 0.3) is 0 Å². The zero-order chi connectivity index (χ0) is 17.6. The highest BCUT2D eigenvalue weighted by molar-refractivity contribution is 4.97. The van der Waals surface area contributed by atoms with Crippen LogP contribution in [0.2, 0.25) is 0 Å². The third-order valence-corrected chi connectivity index (χ3v) is 5.88. The third-order valence-electron chi connectivity index (χ3n) is 5.88. The van der Waals surface area contributed by atoms with Crippen molar-refractivity contribution in [3.05, 3.63) is 24.4 Å². The molecule has 0 bridgehead atoms. The van der Waals surface area contributed by atoms with Gasteiger partial charge in [0.25, 0.3) is 0 Å². The van der Waals surface area contributed by atoms with Gasteiger partial charge in [0.1, 0.15) is 12.7 Å². The van der Waals surface area contributed by atoms with Crippen molar-refractivity contribution in [2.45, 2.75) is 70.3 Å². The molecular formula is C19H30N6O. The van der Waals surface area contributed by atoms with Crippen LogP contribution in [0, 0.1) is 5.92 Å². The highest BCUT2D eigenvalue weighted by Crippen LogP contribution is 2.30. The molecule has 1 aliphatic heterocycles. The van der Waals surface area contributed by atoms with Crippen molar-refractivity contribution in [2.75, 3.05) is 19.6 Å². The van der Waals surface area contributed by atoms with Gasteiger partial charge in [0.05, 0.1) is 6.54 Å². The fourth-order valence-electron chi connectivity index (χ4n) is 4.41. The van der Waals surface area contributed by atoms with Crippen molar-refractivity contribution in [1.29, 1.82) is 0 Å². The number of hydrogen-bond donors (Lipinski definition) is 0. The summed E-state index contributed by atoms with van der Waals surface area (Å²) >= 11 is 0. The van der Waals surface area contributed by atoms with E-state index in [1.165, 1.54) is 57.9 Å². The number of nitrogens with zero attached hydrogens (tertiary/aromatic N) is 6. The second-order valence-corrected chi connectivity index (χ2v) is 7.91. The quantitative estimate of drug-likeness (QED) is 0.739. The Hall–Kier alpha value is -1.76. The van der Waals surface area contributed by atoms with Gasteiger partial charge in [0.15, 0.2) is 5.82 Å². The van der Waals surface area contributed by atoms with Crippen LogP contribution in [0.3, 0.4) is 0 Å². The Bertz CT molecular complexity index is 647. The SMILES string of the molecule is c1ncn(CCN2CCCC(Cc3nc(C4CCCCCC4)no3)C2)n1. The van der Waals surface area contributed by atoms with E-state index in [2.05, 4.69) is 20.1 Å². The summed E-state index contributed by atoms with van der Waals surface area (Å²) in [5.74, 6) is 2.93. The Morgan fingerprint density at radius 1 is 1.04 bits per heavy atom. The van der Waals surface area contributed by atoms with Crippen LogP contribution >= 0.6 is 0 Å². The van der Waals surface area contributed by atoms with Crippen molar-refractivity contribution in [3.8, 4) is 0 Å². The summed E-state index contributed by atoms with van der Waals surface area (Å²) < 4.78 is 7.52. The van der Waals surface area contributed by atoms with Crippen molar-refractivity contribution in [3.63, 3.8) is 0 Å². The third kappa shape index (κ3) is 4.69. The lowest BCUT2D eigenvalue weighted by Gasteiger charge is -2.31. The first-order valence-corrected chi connectivity index (χ1v) is 10.2. The Morgan fingerprint density at radius 2 is 1.92 bits per heavy atom. The van der Waals surface area contributed by atoms with Gasteiger partial charge in [0, 0.05) is 25.4 Å². The van der Waals surface area contributed by atoms with Crippen molar-refractivity contribution in [1.82, 2.24) is 29.8 Å². The summed E-state index contributed by atoms with van der Waals surface area (Å²) in [7, 11) is 0. The normalized spacial score (nSPS) is 23.2. The van der Waals surface area contributed by atoms with Crippen molar-refractivity contribution in [2.24, 2.45) is 5.92 Å². The Balaban J connectivity index is 1.28. The molecule has 4 rings (SSSR count). The average Bonchev–Trinajstić information content (AvgIpc) is 3.27. The molecule has 2 aromatic rings. The van der Waals surface area contributed by atoms with Crippen LogP contribution in [-0.2, 0) is 13.0 Å². The Morgan fingerprint density at radius 3 is 2.73 bits per heavy atom. The predicted molar refractivity (Wildman–Crippen MR) is 97.6 cm³/mol. The number of aromatic nitrogens is 5. The van der Waals surface area contributed by atoms with E-state index in [1.54, 1.807) is 12.7 Å². The molecule has 2 aromatic heterocycles. The monoisotopic (exact) mass is 358 g/mol. The minimum atomic E-state index is 0.514. The largest absolute Gasteiger partial charge is 0.339 e. The van der Waals surface area contributed by atoms with Gasteiger partial charge < -0.3 is 9.42 Å². The molecule has 26 heavy (non-hydrogen) atoms. The Kier molecular flexibility index (Phi) is 5.94. The van der Waals surface area contributed by atoms with E-state index in [9.17, 15) is 0 Å². The van der Waals surface area contributed by atoms with Crippen molar-refractivity contribution >= 4 is 0 Å². The molecular weight excluding hydrogens is 328 g/mol. The van der Waals surface area contributed by atoms with Crippen LogP contribution in [0.5, 0.6) is 0 Å². The molecule has 0 N–H and O–H groups in total. The molecule has 1 saturated carbocycles. The second kappa shape index (κ2) is 8.75. The molecule has 2 fully saturated rings. The van der Waals surface area contributed by atoms with Crippen molar-refractivity contribution < 1.29 is 4.52 Å². The summed E-state index contributed by atoms with van der Waals surface area (Å²) in [6.45, 7) is 4.20. The van der Waals surface area contributed by atoms with E-state index in [0.29, 0.717) is 11.8 Å². The van der Waals surface area contributed by atoms with Crippen LogP contribution in [0.4, 0.5) is 0 Å². The maximum absolute atomic E-state index is 5.61. The van der Waals surface area contributed by atoms with Crippen LogP contribution in [0.1, 0.15) is 69.0 Å². The molecule has 0 radical (unpaired) electrons. The van der Waals surface area contributed by atoms with E-state index < -0.39 is 0 Å². The molecule has 142 valence electrons. The molecule has 1 atom stereocenters. The summed E-state index contributed by atoms with van der Waals surface area (Å²) in [5.41, 5.74) is 0. The van der Waals surface area contributed by atoms with Gasteiger partial charge in [-0.2, -0.15) is 10.1 Å². The predicted octanol–water partition coefficient (Wildman–Crippen LogP) is 3.05. The molecule has 0 spiro atoms. The Labute approximate surface area is 155 Å².